The first-order valence-corrected chi connectivity index (χ1v) is 9.65. The van der Waals surface area contributed by atoms with Crippen molar-refractivity contribution in [2.75, 3.05) is 5.32 Å². The van der Waals surface area contributed by atoms with E-state index in [1.54, 1.807) is 42.6 Å². The molecule has 1 heterocycles. The van der Waals surface area contributed by atoms with Crippen molar-refractivity contribution >= 4 is 28.9 Å². The van der Waals surface area contributed by atoms with Gasteiger partial charge in [-0.2, -0.15) is 0 Å². The quantitative estimate of drug-likeness (QED) is 0.577. The predicted octanol–water partition coefficient (Wildman–Crippen LogP) is 5.30. The van der Waals surface area contributed by atoms with E-state index in [2.05, 4.69) is 36.4 Å². The normalized spacial score (nSPS) is 10.9. The van der Waals surface area contributed by atoms with Crippen LogP contribution in [0.2, 0.25) is 0 Å². The second-order valence-electron chi connectivity index (χ2n) is 7.48. The van der Waals surface area contributed by atoms with Crippen molar-refractivity contribution in [3.8, 4) is 11.6 Å². The molecular formula is C23H23N3O2S. The van der Waals surface area contributed by atoms with Gasteiger partial charge in [0.05, 0.1) is 0 Å². The number of pyridine rings is 1. The minimum atomic E-state index is -0.285. The summed E-state index contributed by atoms with van der Waals surface area (Å²) in [5, 5.41) is 5.84. The lowest BCUT2D eigenvalue weighted by atomic mass is 9.86. The van der Waals surface area contributed by atoms with Gasteiger partial charge in [-0.1, -0.05) is 57.2 Å². The predicted molar refractivity (Wildman–Crippen MR) is 120 cm³/mol. The van der Waals surface area contributed by atoms with Gasteiger partial charge in [0.2, 0.25) is 5.88 Å². The van der Waals surface area contributed by atoms with Crippen molar-refractivity contribution in [2.24, 2.45) is 0 Å². The van der Waals surface area contributed by atoms with Crippen molar-refractivity contribution in [3.05, 3.63) is 84.1 Å². The van der Waals surface area contributed by atoms with Crippen LogP contribution in [0.1, 0.15) is 36.7 Å². The molecule has 2 N–H and O–H groups in total. The number of aromatic nitrogens is 1. The molecule has 6 heteroatoms. The molecule has 148 valence electrons. The van der Waals surface area contributed by atoms with Crippen LogP contribution in [-0.2, 0) is 5.41 Å². The Morgan fingerprint density at radius 3 is 2.38 bits per heavy atom. The van der Waals surface area contributed by atoms with Crippen LogP contribution in [0, 0.1) is 0 Å². The van der Waals surface area contributed by atoms with E-state index in [4.69, 9.17) is 17.0 Å². The highest BCUT2D eigenvalue weighted by atomic mass is 32.1. The number of ether oxygens (including phenoxy) is 1. The zero-order valence-corrected chi connectivity index (χ0v) is 17.4. The molecule has 0 aliphatic heterocycles. The molecule has 3 aromatic rings. The fourth-order valence-electron chi connectivity index (χ4n) is 2.77. The van der Waals surface area contributed by atoms with Crippen molar-refractivity contribution < 1.29 is 9.53 Å². The van der Waals surface area contributed by atoms with E-state index in [1.165, 1.54) is 0 Å². The van der Waals surface area contributed by atoms with Crippen LogP contribution in [-0.4, -0.2) is 16.0 Å². The minimum Gasteiger partial charge on any atom is -0.437 e. The lowest BCUT2D eigenvalue weighted by Gasteiger charge is -2.22. The Morgan fingerprint density at radius 1 is 0.966 bits per heavy atom. The maximum Gasteiger partial charge on any atom is 0.257 e. The summed E-state index contributed by atoms with van der Waals surface area (Å²) in [7, 11) is 0. The van der Waals surface area contributed by atoms with Crippen molar-refractivity contribution in [1.29, 1.82) is 0 Å². The van der Waals surface area contributed by atoms with Gasteiger partial charge >= 0.3 is 0 Å². The van der Waals surface area contributed by atoms with Crippen LogP contribution in [0.5, 0.6) is 11.6 Å². The second kappa shape index (κ2) is 8.84. The van der Waals surface area contributed by atoms with Crippen LogP contribution in [0.25, 0.3) is 0 Å². The van der Waals surface area contributed by atoms with Crippen LogP contribution in [0.3, 0.4) is 0 Å². The molecule has 0 bridgehead atoms. The number of para-hydroxylation sites is 1. The first-order valence-electron chi connectivity index (χ1n) is 9.24. The number of nitrogens with zero attached hydrogens (tertiary/aromatic N) is 1. The molecule has 29 heavy (non-hydrogen) atoms. The molecule has 0 saturated heterocycles. The van der Waals surface area contributed by atoms with Crippen LogP contribution in [0.15, 0.2) is 72.9 Å². The molecule has 0 fully saturated rings. The summed E-state index contributed by atoms with van der Waals surface area (Å²) >= 11 is 5.30. The summed E-state index contributed by atoms with van der Waals surface area (Å²) in [6.45, 7) is 6.38. The molecule has 1 amide bonds. The Morgan fingerprint density at radius 2 is 1.66 bits per heavy atom. The van der Waals surface area contributed by atoms with Crippen molar-refractivity contribution in [3.63, 3.8) is 0 Å². The summed E-state index contributed by atoms with van der Waals surface area (Å²) in [5.41, 5.74) is 2.07. The van der Waals surface area contributed by atoms with E-state index in [-0.39, 0.29) is 16.4 Å². The molecule has 0 aliphatic rings. The summed E-state index contributed by atoms with van der Waals surface area (Å²) in [5.74, 6) is 0.814. The van der Waals surface area contributed by atoms with E-state index >= 15 is 0 Å². The number of carbonyl (C=O) groups excluding carboxylic acids is 1. The summed E-state index contributed by atoms with van der Waals surface area (Å²) in [6, 6.07) is 20.3. The van der Waals surface area contributed by atoms with Gasteiger partial charge in [0, 0.05) is 17.3 Å². The molecule has 0 saturated carbocycles. The molecular weight excluding hydrogens is 382 g/mol. The Hall–Kier alpha value is -3.25. The molecule has 0 radical (unpaired) electrons. The Kier molecular flexibility index (Phi) is 6.24. The van der Waals surface area contributed by atoms with Crippen molar-refractivity contribution in [2.45, 2.75) is 26.2 Å². The SMILES string of the molecule is CC(C)(C)c1ccccc1Oc1ncccc1NC(=S)NC(=O)c1ccccc1. The number of nitrogens with one attached hydrogen (secondary N) is 2. The molecule has 0 unspecified atom stereocenters. The Labute approximate surface area is 176 Å². The van der Waals surface area contributed by atoms with Gasteiger partial charge in [0.1, 0.15) is 11.4 Å². The molecule has 0 aliphatic carbocycles. The second-order valence-corrected chi connectivity index (χ2v) is 7.89. The Balaban J connectivity index is 1.76. The molecule has 5 nitrogen and oxygen atoms in total. The van der Waals surface area contributed by atoms with Crippen LogP contribution in [0.4, 0.5) is 5.69 Å². The standard InChI is InChI=1S/C23H23N3O2S/c1-23(2,3)17-12-7-8-14-19(17)28-21-18(13-9-15-24-21)25-22(29)26-20(27)16-10-5-4-6-11-16/h4-15H,1-3H3,(H2,25,26,27,29). The molecule has 1 aromatic heterocycles. The first kappa shape index (κ1) is 20.5. The van der Waals surface area contributed by atoms with Crippen LogP contribution < -0.4 is 15.4 Å². The number of rotatable bonds is 4. The maximum atomic E-state index is 12.3. The van der Waals surface area contributed by atoms with Gasteiger partial charge in [0.25, 0.3) is 5.91 Å². The van der Waals surface area contributed by atoms with Gasteiger partial charge in [0.15, 0.2) is 5.11 Å². The number of thiocarbonyl (C=S) groups is 1. The summed E-state index contributed by atoms with van der Waals surface area (Å²) < 4.78 is 6.11. The number of hydrogen-bond acceptors (Lipinski definition) is 4. The number of carbonyl (C=O) groups is 1. The number of hydrogen-bond donors (Lipinski definition) is 2. The number of anilines is 1. The highest BCUT2D eigenvalue weighted by Gasteiger charge is 2.20. The zero-order chi connectivity index (χ0) is 20.9. The average Bonchev–Trinajstić information content (AvgIpc) is 2.69. The lowest BCUT2D eigenvalue weighted by Crippen LogP contribution is -2.34. The van der Waals surface area contributed by atoms with E-state index < -0.39 is 0 Å². The number of benzene rings is 2. The van der Waals surface area contributed by atoms with Gasteiger partial charge in [-0.3, -0.25) is 10.1 Å². The maximum absolute atomic E-state index is 12.3. The van der Waals surface area contributed by atoms with E-state index in [1.807, 2.05) is 30.3 Å². The summed E-state index contributed by atoms with van der Waals surface area (Å²) in [6.07, 6.45) is 1.64. The highest BCUT2D eigenvalue weighted by molar-refractivity contribution is 7.80. The monoisotopic (exact) mass is 405 g/mol. The lowest BCUT2D eigenvalue weighted by molar-refractivity contribution is 0.0977. The van der Waals surface area contributed by atoms with Gasteiger partial charge in [-0.25, -0.2) is 4.98 Å². The summed E-state index contributed by atoms with van der Waals surface area (Å²) in [4.78, 5) is 16.6. The fraction of sp³-hybridized carbons (Fsp3) is 0.174. The zero-order valence-electron chi connectivity index (χ0n) is 16.6. The highest BCUT2D eigenvalue weighted by Crippen LogP contribution is 2.35. The fourth-order valence-corrected chi connectivity index (χ4v) is 2.97. The third-order valence-electron chi connectivity index (χ3n) is 4.18. The number of amides is 1. The molecule has 3 rings (SSSR count). The van der Waals surface area contributed by atoms with Crippen molar-refractivity contribution in [1.82, 2.24) is 10.3 Å². The minimum absolute atomic E-state index is 0.0854. The van der Waals surface area contributed by atoms with Crippen LogP contribution >= 0.6 is 12.2 Å². The van der Waals surface area contributed by atoms with Gasteiger partial charge < -0.3 is 10.1 Å². The van der Waals surface area contributed by atoms with Gasteiger partial charge in [-0.15, -0.1) is 0 Å². The molecule has 2 aromatic carbocycles. The third kappa shape index (κ3) is 5.39. The Bertz CT molecular complexity index is 1010. The van der Waals surface area contributed by atoms with Gasteiger partial charge in [-0.05, 0) is 48.0 Å². The third-order valence-corrected chi connectivity index (χ3v) is 4.39. The molecule has 0 spiro atoms. The molecule has 0 atom stereocenters. The first-order chi connectivity index (χ1) is 13.8. The largest absolute Gasteiger partial charge is 0.437 e. The van der Waals surface area contributed by atoms with E-state index in [0.29, 0.717) is 17.1 Å². The van der Waals surface area contributed by atoms with E-state index in [0.717, 1.165) is 11.3 Å². The topological polar surface area (TPSA) is 63.2 Å². The van der Waals surface area contributed by atoms with E-state index in [9.17, 15) is 4.79 Å². The smallest absolute Gasteiger partial charge is 0.257 e. The average molecular weight is 406 g/mol.